The molecule has 0 N–H and O–H groups in total. The van der Waals surface area contributed by atoms with Crippen LogP contribution in [0.4, 0.5) is 13.2 Å². The number of alkyl halides is 3. The Kier molecular flexibility index (Phi) is 6.08. The number of methoxy groups -OCH3 is 1. The van der Waals surface area contributed by atoms with Crippen LogP contribution in [0, 0.1) is 17.8 Å². The van der Waals surface area contributed by atoms with E-state index in [2.05, 4.69) is 6.92 Å². The molecule has 0 aliphatic heterocycles. The van der Waals surface area contributed by atoms with Crippen LogP contribution in [0.1, 0.15) is 60.9 Å². The molecular weight excluding hydrogens is 389 g/mol. The van der Waals surface area contributed by atoms with E-state index in [1.807, 2.05) is 0 Å². The number of benzene rings is 2. The van der Waals surface area contributed by atoms with Gasteiger partial charge in [0.05, 0.1) is 12.7 Å². The second-order valence-corrected chi connectivity index (χ2v) is 9.01. The van der Waals surface area contributed by atoms with Crippen molar-refractivity contribution in [3.63, 3.8) is 0 Å². The van der Waals surface area contributed by atoms with Gasteiger partial charge in [-0.3, -0.25) is 0 Å². The fraction of sp³-hybridized carbons (Fsp3) is 0.560. The average molecular weight is 418 g/mol. The van der Waals surface area contributed by atoms with Gasteiger partial charge in [-0.25, -0.2) is 18.0 Å². The first-order chi connectivity index (χ1) is 14.4. The zero-order valence-corrected chi connectivity index (χ0v) is 17.5. The van der Waals surface area contributed by atoms with E-state index >= 15 is 8.78 Å². The SMILES string of the molecule is CCCC1CC(F)C2C(C1)CC(F)C(c1ccc3cc(C(=O)OC)ccc3c1)C2F. The molecule has 5 heteroatoms. The molecule has 7 atom stereocenters. The minimum Gasteiger partial charge on any atom is -0.465 e. The number of hydrogen-bond acceptors (Lipinski definition) is 2. The Morgan fingerprint density at radius 2 is 1.73 bits per heavy atom. The third-order valence-corrected chi connectivity index (χ3v) is 7.15. The maximum atomic E-state index is 15.6. The highest BCUT2D eigenvalue weighted by atomic mass is 19.2. The number of rotatable bonds is 4. The zero-order valence-electron chi connectivity index (χ0n) is 17.5. The van der Waals surface area contributed by atoms with Crippen LogP contribution in [0.15, 0.2) is 36.4 Å². The van der Waals surface area contributed by atoms with Crippen molar-refractivity contribution in [2.24, 2.45) is 17.8 Å². The molecule has 0 heterocycles. The van der Waals surface area contributed by atoms with Gasteiger partial charge in [-0.05, 0) is 59.6 Å². The molecule has 2 fully saturated rings. The number of ether oxygens (including phenoxy) is 1. The molecule has 2 aromatic carbocycles. The van der Waals surface area contributed by atoms with Crippen LogP contribution in [-0.2, 0) is 4.74 Å². The maximum absolute atomic E-state index is 15.6. The number of esters is 1. The molecule has 0 amide bonds. The van der Waals surface area contributed by atoms with Crippen molar-refractivity contribution in [3.8, 4) is 0 Å². The third kappa shape index (κ3) is 3.83. The Labute approximate surface area is 175 Å². The highest BCUT2D eigenvalue weighted by molar-refractivity contribution is 5.95. The number of fused-ring (bicyclic) bond motifs is 2. The lowest BCUT2D eigenvalue weighted by Crippen LogP contribution is -2.49. The van der Waals surface area contributed by atoms with Crippen molar-refractivity contribution >= 4 is 16.7 Å². The fourth-order valence-electron chi connectivity index (χ4n) is 5.79. The molecule has 2 aliphatic rings. The van der Waals surface area contributed by atoms with Crippen molar-refractivity contribution in [2.45, 2.75) is 63.5 Å². The maximum Gasteiger partial charge on any atom is 0.337 e. The van der Waals surface area contributed by atoms with Gasteiger partial charge in [0.1, 0.15) is 18.5 Å². The Morgan fingerprint density at radius 3 is 2.47 bits per heavy atom. The molecule has 4 rings (SSSR count). The predicted octanol–water partition coefficient (Wildman–Crippen LogP) is 6.57. The van der Waals surface area contributed by atoms with Crippen molar-refractivity contribution in [1.29, 1.82) is 0 Å². The van der Waals surface area contributed by atoms with Crippen LogP contribution in [0.25, 0.3) is 10.8 Å². The third-order valence-electron chi connectivity index (χ3n) is 7.15. The normalized spacial score (nSPS) is 33.8. The molecule has 0 saturated heterocycles. The largest absolute Gasteiger partial charge is 0.465 e. The van der Waals surface area contributed by atoms with E-state index in [0.29, 0.717) is 17.5 Å². The molecule has 0 bridgehead atoms. The van der Waals surface area contributed by atoms with Gasteiger partial charge in [0.2, 0.25) is 0 Å². The summed E-state index contributed by atoms with van der Waals surface area (Å²) < 4.78 is 50.4. The number of halogens is 3. The summed E-state index contributed by atoms with van der Waals surface area (Å²) >= 11 is 0. The lowest BCUT2D eigenvalue weighted by molar-refractivity contribution is -0.0529. The molecule has 2 aliphatic carbocycles. The van der Waals surface area contributed by atoms with Gasteiger partial charge < -0.3 is 4.74 Å². The summed E-state index contributed by atoms with van der Waals surface area (Å²) in [4.78, 5) is 11.7. The summed E-state index contributed by atoms with van der Waals surface area (Å²) in [6, 6.07) is 10.4. The van der Waals surface area contributed by atoms with Crippen LogP contribution in [0.5, 0.6) is 0 Å². The molecule has 0 aromatic heterocycles. The van der Waals surface area contributed by atoms with Crippen LogP contribution in [0.2, 0.25) is 0 Å². The Balaban J connectivity index is 1.60. The Bertz CT molecular complexity index is 914. The van der Waals surface area contributed by atoms with Gasteiger partial charge in [0, 0.05) is 11.8 Å². The van der Waals surface area contributed by atoms with E-state index < -0.39 is 36.3 Å². The minimum atomic E-state index is -1.52. The summed E-state index contributed by atoms with van der Waals surface area (Å²) in [6.07, 6.45) is -0.774. The van der Waals surface area contributed by atoms with E-state index in [9.17, 15) is 9.18 Å². The second kappa shape index (κ2) is 8.60. The molecule has 162 valence electrons. The van der Waals surface area contributed by atoms with E-state index in [4.69, 9.17) is 4.74 Å². The lowest BCUT2D eigenvalue weighted by atomic mass is 9.61. The number of hydrogen-bond donors (Lipinski definition) is 0. The average Bonchev–Trinajstić information content (AvgIpc) is 2.72. The predicted molar refractivity (Wildman–Crippen MR) is 112 cm³/mol. The summed E-state index contributed by atoms with van der Waals surface area (Å²) in [5.74, 6) is -2.06. The fourth-order valence-corrected chi connectivity index (χ4v) is 5.79. The topological polar surface area (TPSA) is 26.3 Å². The molecular formula is C25H29F3O2. The molecule has 2 nitrogen and oxygen atoms in total. The van der Waals surface area contributed by atoms with Crippen molar-refractivity contribution in [3.05, 3.63) is 47.5 Å². The highest BCUT2D eigenvalue weighted by Crippen LogP contribution is 2.51. The summed E-state index contributed by atoms with van der Waals surface area (Å²) in [6.45, 7) is 2.07. The van der Waals surface area contributed by atoms with E-state index in [1.165, 1.54) is 7.11 Å². The van der Waals surface area contributed by atoms with Crippen molar-refractivity contribution in [1.82, 2.24) is 0 Å². The quantitative estimate of drug-likeness (QED) is 0.525. The highest BCUT2D eigenvalue weighted by Gasteiger charge is 2.52. The van der Waals surface area contributed by atoms with Crippen LogP contribution in [0.3, 0.4) is 0 Å². The summed E-state index contributed by atoms with van der Waals surface area (Å²) in [5, 5.41) is 1.59. The minimum absolute atomic E-state index is 0.213. The summed E-state index contributed by atoms with van der Waals surface area (Å²) in [5.41, 5.74) is 0.990. The summed E-state index contributed by atoms with van der Waals surface area (Å²) in [7, 11) is 1.32. The first kappa shape index (κ1) is 21.2. The Hall–Kier alpha value is -2.04. The van der Waals surface area contributed by atoms with Gasteiger partial charge in [-0.2, -0.15) is 0 Å². The lowest BCUT2D eigenvalue weighted by Gasteiger charge is -2.47. The van der Waals surface area contributed by atoms with Crippen LogP contribution in [-0.4, -0.2) is 31.6 Å². The Morgan fingerprint density at radius 1 is 1.00 bits per heavy atom. The molecule has 30 heavy (non-hydrogen) atoms. The van der Waals surface area contributed by atoms with Crippen LogP contribution < -0.4 is 0 Å². The number of carbonyl (C=O) groups excluding carboxylic acids is 1. The second-order valence-electron chi connectivity index (χ2n) is 9.01. The molecule has 0 spiro atoms. The van der Waals surface area contributed by atoms with Crippen LogP contribution >= 0.6 is 0 Å². The zero-order chi connectivity index (χ0) is 21.4. The van der Waals surface area contributed by atoms with E-state index in [0.717, 1.165) is 30.0 Å². The van der Waals surface area contributed by atoms with Gasteiger partial charge in [0.15, 0.2) is 0 Å². The molecule has 2 aromatic rings. The standard InChI is InChI=1S/C25H29F3O2/c1-3-4-14-9-19-13-21(27)22(24(28)23(19)20(26)10-14)17-7-5-16-12-18(25(29)30-2)8-6-15(16)11-17/h5-8,11-12,14,19-24H,3-4,9-10,13H2,1-2H3. The molecule has 7 unspecified atom stereocenters. The van der Waals surface area contributed by atoms with Crippen molar-refractivity contribution in [2.75, 3.05) is 7.11 Å². The van der Waals surface area contributed by atoms with Crippen molar-refractivity contribution < 1.29 is 22.7 Å². The van der Waals surface area contributed by atoms with Gasteiger partial charge in [0.25, 0.3) is 0 Å². The van der Waals surface area contributed by atoms with E-state index in [-0.39, 0.29) is 18.3 Å². The van der Waals surface area contributed by atoms with Gasteiger partial charge in [-0.15, -0.1) is 0 Å². The monoisotopic (exact) mass is 418 g/mol. The molecule has 0 radical (unpaired) electrons. The van der Waals surface area contributed by atoms with E-state index in [1.54, 1.807) is 36.4 Å². The van der Waals surface area contributed by atoms with Gasteiger partial charge >= 0.3 is 5.97 Å². The number of carbonyl (C=O) groups is 1. The smallest absolute Gasteiger partial charge is 0.337 e. The van der Waals surface area contributed by atoms with Gasteiger partial charge in [-0.1, -0.05) is 44.0 Å². The first-order valence-corrected chi connectivity index (χ1v) is 11.0. The first-order valence-electron chi connectivity index (χ1n) is 11.0. The molecule has 2 saturated carbocycles.